The van der Waals surface area contributed by atoms with Gasteiger partial charge in [-0.05, 0) is 36.8 Å². The molecule has 0 atom stereocenters. The summed E-state index contributed by atoms with van der Waals surface area (Å²) in [5.41, 5.74) is 1.30. The molecule has 1 heterocycles. The maximum Gasteiger partial charge on any atom is 0.243 e. The number of ether oxygens (including phenoxy) is 1. The lowest BCUT2D eigenvalue weighted by Gasteiger charge is -2.34. The lowest BCUT2D eigenvalue weighted by molar-refractivity contribution is 0.180. The highest BCUT2D eigenvalue weighted by atomic mass is 32.2. The fraction of sp³-hybridized carbons (Fsp3) is 0.368. The Balaban J connectivity index is 1.68. The minimum Gasteiger partial charge on any atom is -0.497 e. The molecule has 0 aliphatic carbocycles. The van der Waals surface area contributed by atoms with E-state index in [1.807, 2.05) is 6.07 Å². The molecule has 1 saturated heterocycles. The molecule has 2 aromatic rings. The first-order chi connectivity index (χ1) is 12.4. The van der Waals surface area contributed by atoms with Crippen molar-refractivity contribution >= 4 is 10.0 Å². The van der Waals surface area contributed by atoms with Crippen LogP contribution in [0.1, 0.15) is 11.1 Å². The molecule has 2 aromatic carbocycles. The van der Waals surface area contributed by atoms with Gasteiger partial charge in [0.2, 0.25) is 10.0 Å². The number of halogens is 1. The number of aryl methyl sites for hydroxylation is 1. The predicted molar refractivity (Wildman–Crippen MR) is 98.2 cm³/mol. The Labute approximate surface area is 154 Å². The number of hydrogen-bond acceptors (Lipinski definition) is 4. The van der Waals surface area contributed by atoms with E-state index in [4.69, 9.17) is 4.74 Å². The van der Waals surface area contributed by atoms with Crippen molar-refractivity contribution in [2.45, 2.75) is 18.4 Å². The minimum absolute atomic E-state index is 0.226. The van der Waals surface area contributed by atoms with Gasteiger partial charge in [0.15, 0.2) is 0 Å². The van der Waals surface area contributed by atoms with Crippen molar-refractivity contribution in [2.75, 3.05) is 33.3 Å². The largest absolute Gasteiger partial charge is 0.497 e. The van der Waals surface area contributed by atoms with E-state index >= 15 is 0 Å². The van der Waals surface area contributed by atoms with Crippen LogP contribution in [-0.2, 0) is 16.6 Å². The van der Waals surface area contributed by atoms with E-state index in [1.165, 1.54) is 10.4 Å². The highest BCUT2D eigenvalue weighted by molar-refractivity contribution is 7.89. The van der Waals surface area contributed by atoms with E-state index in [2.05, 4.69) is 4.90 Å². The lowest BCUT2D eigenvalue weighted by atomic mass is 10.2. The monoisotopic (exact) mass is 378 g/mol. The maximum absolute atomic E-state index is 13.8. The van der Waals surface area contributed by atoms with Gasteiger partial charge in [-0.15, -0.1) is 0 Å². The highest BCUT2D eigenvalue weighted by Crippen LogP contribution is 2.25. The van der Waals surface area contributed by atoms with Gasteiger partial charge in [0.05, 0.1) is 12.0 Å². The van der Waals surface area contributed by atoms with Gasteiger partial charge in [-0.3, -0.25) is 4.90 Å². The number of piperazine rings is 1. The molecule has 26 heavy (non-hydrogen) atoms. The van der Waals surface area contributed by atoms with Gasteiger partial charge in [0.1, 0.15) is 11.6 Å². The normalized spacial score (nSPS) is 16.6. The highest BCUT2D eigenvalue weighted by Gasteiger charge is 2.29. The molecule has 5 nitrogen and oxygen atoms in total. The molecule has 3 rings (SSSR count). The third-order valence-corrected chi connectivity index (χ3v) is 6.74. The molecule has 0 amide bonds. The van der Waals surface area contributed by atoms with Crippen molar-refractivity contribution in [3.05, 3.63) is 59.4 Å². The summed E-state index contributed by atoms with van der Waals surface area (Å²) in [5, 5.41) is 0. The van der Waals surface area contributed by atoms with E-state index in [-0.39, 0.29) is 5.82 Å². The molecule has 0 N–H and O–H groups in total. The standard InChI is InChI=1S/C19H23FN2O3S/c1-15-13-17(25-2)7-8-19(15)26(23,24)22-11-9-21(10-12-22)14-16-5-3-4-6-18(16)20/h3-8,13H,9-12,14H2,1-2H3. The van der Waals surface area contributed by atoms with Crippen molar-refractivity contribution in [2.24, 2.45) is 0 Å². The van der Waals surface area contributed by atoms with Crippen LogP contribution in [0.3, 0.4) is 0 Å². The van der Waals surface area contributed by atoms with Crippen molar-refractivity contribution in [1.29, 1.82) is 0 Å². The smallest absolute Gasteiger partial charge is 0.243 e. The Bertz CT molecular complexity index is 878. The van der Waals surface area contributed by atoms with Crippen LogP contribution in [0.4, 0.5) is 4.39 Å². The second kappa shape index (κ2) is 7.73. The number of rotatable bonds is 5. The van der Waals surface area contributed by atoms with Gasteiger partial charge >= 0.3 is 0 Å². The van der Waals surface area contributed by atoms with Crippen molar-refractivity contribution < 1.29 is 17.5 Å². The van der Waals surface area contributed by atoms with Gasteiger partial charge < -0.3 is 4.74 Å². The number of hydrogen-bond donors (Lipinski definition) is 0. The van der Waals surface area contributed by atoms with E-state index in [0.717, 1.165) is 0 Å². The number of benzene rings is 2. The van der Waals surface area contributed by atoms with Crippen molar-refractivity contribution in [3.63, 3.8) is 0 Å². The minimum atomic E-state index is -3.55. The molecule has 0 saturated carbocycles. The van der Waals surface area contributed by atoms with Gasteiger partial charge in [-0.25, -0.2) is 12.8 Å². The Hall–Kier alpha value is -1.96. The number of sulfonamides is 1. The summed E-state index contributed by atoms with van der Waals surface area (Å²) < 4.78 is 46.3. The quantitative estimate of drug-likeness (QED) is 0.803. The molecule has 7 heteroatoms. The first-order valence-corrected chi connectivity index (χ1v) is 9.96. The zero-order valence-corrected chi connectivity index (χ0v) is 15.8. The van der Waals surface area contributed by atoms with E-state index in [1.54, 1.807) is 44.4 Å². The zero-order chi connectivity index (χ0) is 18.7. The summed E-state index contributed by atoms with van der Waals surface area (Å²) in [6.45, 7) is 4.18. The second-order valence-corrected chi connectivity index (χ2v) is 8.31. The molecule has 0 aromatic heterocycles. The van der Waals surface area contributed by atoms with E-state index < -0.39 is 10.0 Å². The number of methoxy groups -OCH3 is 1. The average molecular weight is 378 g/mol. The van der Waals surface area contributed by atoms with Gasteiger partial charge in [-0.1, -0.05) is 18.2 Å². The third-order valence-electron chi connectivity index (χ3n) is 4.68. The fourth-order valence-electron chi connectivity index (χ4n) is 3.17. The lowest BCUT2D eigenvalue weighted by Crippen LogP contribution is -2.48. The molecule has 0 radical (unpaired) electrons. The molecular weight excluding hydrogens is 355 g/mol. The number of nitrogens with zero attached hydrogens (tertiary/aromatic N) is 2. The Morgan fingerprint density at radius 2 is 1.77 bits per heavy atom. The zero-order valence-electron chi connectivity index (χ0n) is 15.0. The van der Waals surface area contributed by atoms with E-state index in [0.29, 0.717) is 54.5 Å². The van der Waals surface area contributed by atoms with Crippen LogP contribution in [0, 0.1) is 12.7 Å². The van der Waals surface area contributed by atoms with Gasteiger partial charge in [0, 0.05) is 38.3 Å². The summed E-state index contributed by atoms with van der Waals surface area (Å²) in [7, 11) is -1.99. The van der Waals surface area contributed by atoms with Crippen LogP contribution in [0.15, 0.2) is 47.4 Å². The molecule has 0 bridgehead atoms. The van der Waals surface area contributed by atoms with Gasteiger partial charge in [-0.2, -0.15) is 4.31 Å². The first-order valence-electron chi connectivity index (χ1n) is 8.52. The van der Waals surface area contributed by atoms with Crippen LogP contribution in [0.5, 0.6) is 5.75 Å². The van der Waals surface area contributed by atoms with Crippen molar-refractivity contribution in [3.8, 4) is 5.75 Å². The Morgan fingerprint density at radius 3 is 2.38 bits per heavy atom. The van der Waals surface area contributed by atoms with Gasteiger partial charge in [0.25, 0.3) is 0 Å². The summed E-state index contributed by atoms with van der Waals surface area (Å²) in [6.07, 6.45) is 0. The van der Waals surface area contributed by atoms with Crippen LogP contribution >= 0.6 is 0 Å². The molecule has 1 aliphatic heterocycles. The van der Waals surface area contributed by atoms with Crippen LogP contribution in [0.2, 0.25) is 0 Å². The first kappa shape index (κ1) is 18.8. The van der Waals surface area contributed by atoms with Crippen LogP contribution in [-0.4, -0.2) is 50.9 Å². The Kier molecular flexibility index (Phi) is 5.60. The summed E-state index contributed by atoms with van der Waals surface area (Å²) in [4.78, 5) is 2.38. The van der Waals surface area contributed by atoms with Crippen LogP contribution in [0.25, 0.3) is 0 Å². The fourth-order valence-corrected chi connectivity index (χ4v) is 4.80. The summed E-state index contributed by atoms with van der Waals surface area (Å²) in [6, 6.07) is 11.7. The predicted octanol–water partition coefficient (Wildman–Crippen LogP) is 2.65. The van der Waals surface area contributed by atoms with Crippen molar-refractivity contribution in [1.82, 2.24) is 9.21 Å². The summed E-state index contributed by atoms with van der Waals surface area (Å²) in [5.74, 6) is 0.410. The molecule has 1 fully saturated rings. The molecule has 0 spiro atoms. The second-order valence-electron chi connectivity index (χ2n) is 6.40. The molecule has 1 aliphatic rings. The average Bonchev–Trinajstić information content (AvgIpc) is 2.63. The summed E-state index contributed by atoms with van der Waals surface area (Å²) >= 11 is 0. The maximum atomic E-state index is 13.8. The molecule has 140 valence electrons. The molecular formula is C19H23FN2O3S. The Morgan fingerprint density at radius 1 is 1.08 bits per heavy atom. The third kappa shape index (κ3) is 3.90. The molecule has 0 unspecified atom stereocenters. The SMILES string of the molecule is COc1ccc(S(=O)(=O)N2CCN(Cc3ccccc3F)CC2)c(C)c1. The topological polar surface area (TPSA) is 49.9 Å². The van der Waals surface area contributed by atoms with Crippen LogP contribution < -0.4 is 4.74 Å². The van der Waals surface area contributed by atoms with E-state index in [9.17, 15) is 12.8 Å².